The van der Waals surface area contributed by atoms with Gasteiger partial charge in [-0.3, -0.25) is 0 Å². The summed E-state index contributed by atoms with van der Waals surface area (Å²) in [5, 5.41) is 0. The Balaban J connectivity index is 0.000000443. The molecule has 182 valence electrons. The van der Waals surface area contributed by atoms with Gasteiger partial charge in [-0.15, -0.1) is 0 Å². The van der Waals surface area contributed by atoms with E-state index in [9.17, 15) is 0 Å². The molecular weight excluding hydrogens is 703 g/mol. The monoisotopic (exact) mass is 730 g/mol. The molecule has 6 aromatic rings. The second-order valence-electron chi connectivity index (χ2n) is 6.43. The Morgan fingerprint density at radius 1 is 0.429 bits per heavy atom. The SMILES string of the molecule is [Fe].[Fe].[c-]1[c-][c-][cH-][c-]1.c1cc[cH-]c1.c1cc[cH-]c1.c1cc[cH-]c1.c1cc[c]([Pb][c]2ccccc2)cc1. The number of hydrogen-bond donors (Lipinski definition) is 0. The van der Waals surface area contributed by atoms with Gasteiger partial charge in [0, 0.05) is 34.1 Å². The molecule has 0 atom stereocenters. The van der Waals surface area contributed by atoms with E-state index in [1.54, 1.807) is 12.3 Å². The zero-order valence-electron chi connectivity index (χ0n) is 19.2. The van der Waals surface area contributed by atoms with Crippen LogP contribution < -0.4 is 6.25 Å². The second-order valence-corrected chi connectivity index (χ2v) is 11.9. The van der Waals surface area contributed by atoms with Crippen LogP contribution in [-0.4, -0.2) is 24.2 Å². The third-order valence-electron chi connectivity index (χ3n) is 3.85. The van der Waals surface area contributed by atoms with Crippen molar-refractivity contribution in [2.75, 3.05) is 0 Å². The fraction of sp³-hybridized carbons (Fsp3) is 0. The third kappa shape index (κ3) is 19.8. The first-order valence-electron chi connectivity index (χ1n) is 10.6. The van der Waals surface area contributed by atoms with Crippen LogP contribution in [0.5, 0.6) is 0 Å². The molecule has 6 rings (SSSR count). The van der Waals surface area contributed by atoms with Gasteiger partial charge in [0.25, 0.3) is 0 Å². The summed E-state index contributed by atoms with van der Waals surface area (Å²) in [7, 11) is 0. The van der Waals surface area contributed by atoms with E-state index in [4.69, 9.17) is 0 Å². The van der Waals surface area contributed by atoms with E-state index >= 15 is 0 Å². The summed E-state index contributed by atoms with van der Waals surface area (Å²) in [4.78, 5) is 0. The molecule has 0 saturated carbocycles. The summed E-state index contributed by atoms with van der Waals surface area (Å²) >= 11 is -0.740. The van der Waals surface area contributed by atoms with Crippen molar-refractivity contribution < 1.29 is 34.1 Å². The van der Waals surface area contributed by atoms with Crippen molar-refractivity contribution in [1.29, 1.82) is 0 Å². The molecule has 0 N–H and O–H groups in total. The summed E-state index contributed by atoms with van der Waals surface area (Å²) in [6.07, 6.45) is 0. The van der Waals surface area contributed by atoms with Crippen LogP contribution in [0.3, 0.4) is 0 Å². The predicted octanol–water partition coefficient (Wildman–Crippen LogP) is 6.16. The Bertz CT molecular complexity index is 838. The first kappa shape index (κ1) is 32.8. The van der Waals surface area contributed by atoms with Crippen molar-refractivity contribution in [3.8, 4) is 0 Å². The van der Waals surface area contributed by atoms with Crippen LogP contribution in [-0.2, 0) is 34.1 Å². The van der Waals surface area contributed by atoms with Gasteiger partial charge in [0.15, 0.2) is 0 Å². The van der Waals surface area contributed by atoms with E-state index in [1.165, 1.54) is 0 Å². The Morgan fingerprint density at radius 3 is 0.943 bits per heavy atom. The topological polar surface area (TPSA) is 0 Å². The van der Waals surface area contributed by atoms with E-state index in [-0.39, 0.29) is 34.1 Å². The molecule has 0 nitrogen and oxygen atoms in total. The van der Waals surface area contributed by atoms with Crippen molar-refractivity contribution in [3.63, 3.8) is 0 Å². The van der Waals surface area contributed by atoms with Gasteiger partial charge >= 0.3 is 91.1 Å². The summed E-state index contributed by atoms with van der Waals surface area (Å²) < 4.78 is 3.13. The zero-order chi connectivity index (χ0) is 23.1. The van der Waals surface area contributed by atoms with Gasteiger partial charge in [0.2, 0.25) is 0 Å². The van der Waals surface area contributed by atoms with Crippen molar-refractivity contribution in [2.24, 2.45) is 0 Å². The van der Waals surface area contributed by atoms with Crippen LogP contribution >= 0.6 is 0 Å². The Hall–Kier alpha value is -2.20. The summed E-state index contributed by atoms with van der Waals surface area (Å²) in [6.45, 7) is 0. The quantitative estimate of drug-likeness (QED) is 0.148. The predicted molar refractivity (Wildman–Crippen MR) is 141 cm³/mol. The molecule has 0 aliphatic carbocycles. The van der Waals surface area contributed by atoms with Crippen molar-refractivity contribution in [2.45, 2.75) is 0 Å². The van der Waals surface area contributed by atoms with E-state index in [0.29, 0.717) is 0 Å². The molecule has 2 radical (unpaired) electrons. The zero-order valence-corrected chi connectivity index (χ0v) is 25.3. The molecule has 0 unspecified atom stereocenters. The first-order chi connectivity index (χ1) is 16.4. The first-order valence-corrected chi connectivity index (χ1v) is 14.5. The number of benzene rings is 2. The molecule has 3 heteroatoms. The van der Waals surface area contributed by atoms with Gasteiger partial charge in [-0.2, -0.15) is 54.6 Å². The number of hydrogen-bond acceptors (Lipinski definition) is 0. The molecule has 0 bridgehead atoms. The van der Waals surface area contributed by atoms with Crippen LogP contribution in [0.2, 0.25) is 0 Å². The van der Waals surface area contributed by atoms with Gasteiger partial charge in [0.05, 0.1) is 0 Å². The van der Waals surface area contributed by atoms with Crippen molar-refractivity contribution in [1.82, 2.24) is 0 Å². The second kappa shape index (κ2) is 24.9. The molecule has 0 fully saturated rings. The number of rotatable bonds is 2. The van der Waals surface area contributed by atoms with Crippen molar-refractivity contribution in [3.05, 3.63) is 182 Å². The summed E-state index contributed by atoms with van der Waals surface area (Å²) in [5.41, 5.74) is 0. The Labute approximate surface area is 244 Å². The molecule has 6 aromatic carbocycles. The molecule has 0 amide bonds. The molecule has 0 aliphatic heterocycles. The van der Waals surface area contributed by atoms with E-state index < -0.39 is 24.2 Å². The Morgan fingerprint density at radius 2 is 0.743 bits per heavy atom. The summed E-state index contributed by atoms with van der Waals surface area (Å²) in [5.74, 6) is 0. The molecule has 0 saturated heterocycles. The average molecular weight is 729 g/mol. The van der Waals surface area contributed by atoms with Gasteiger partial charge in [0.1, 0.15) is 0 Å². The van der Waals surface area contributed by atoms with Crippen LogP contribution in [0.4, 0.5) is 0 Å². The minimum atomic E-state index is -0.740. The molecule has 0 spiro atoms. The van der Waals surface area contributed by atoms with Gasteiger partial charge in [-0.25, -0.2) is 36.4 Å². The van der Waals surface area contributed by atoms with Crippen LogP contribution in [0.1, 0.15) is 0 Å². The van der Waals surface area contributed by atoms with E-state index in [2.05, 4.69) is 84.9 Å². The third-order valence-corrected chi connectivity index (χ3v) is 8.69. The maximum atomic E-state index is 2.62. The standard InChI is InChI=1S/2C6H5.3C5H5.C5H.2Fe.Pb/c2*1-2-4-6-5-3-1;4*1-2-4-5-3-1;;;/h2*1-5H;3*1-5H;1H;;;/q;;3*-1;-5;;;. The fourth-order valence-electron chi connectivity index (χ4n) is 2.35. The van der Waals surface area contributed by atoms with Crippen molar-refractivity contribution >= 4 is 30.5 Å². The van der Waals surface area contributed by atoms with Gasteiger partial charge in [-0.05, 0) is 0 Å². The molecule has 35 heavy (non-hydrogen) atoms. The molecule has 0 aliphatic rings. The Kier molecular flexibility index (Phi) is 23.3. The molecular formula is C32H26Fe2Pb-8. The molecule has 0 heterocycles. The molecule has 0 aromatic heterocycles. The summed E-state index contributed by atoms with van der Waals surface area (Å²) in [6, 6.07) is 63.7. The van der Waals surface area contributed by atoms with Gasteiger partial charge in [-0.1, -0.05) is 0 Å². The van der Waals surface area contributed by atoms with E-state index in [1.807, 2.05) is 91.0 Å². The average Bonchev–Trinajstić information content (AvgIpc) is 3.73. The van der Waals surface area contributed by atoms with Crippen LogP contribution in [0, 0.1) is 24.3 Å². The fourth-order valence-corrected chi connectivity index (χ4v) is 6.44. The normalized spacial score (nSPS) is 8.23. The van der Waals surface area contributed by atoms with Crippen LogP contribution in [0.15, 0.2) is 158 Å². The minimum absolute atomic E-state index is 0. The van der Waals surface area contributed by atoms with E-state index in [0.717, 1.165) is 0 Å². The van der Waals surface area contributed by atoms with Crippen LogP contribution in [0.25, 0.3) is 0 Å². The van der Waals surface area contributed by atoms with Gasteiger partial charge < -0.3 is 30.3 Å². The maximum absolute atomic E-state index is 2.62.